The molecule has 5 heteroatoms. The summed E-state index contributed by atoms with van der Waals surface area (Å²) in [6.07, 6.45) is -0.137. The minimum atomic E-state index is -0.137. The average molecular weight is 217 g/mol. The third kappa shape index (κ3) is 2.13. The summed E-state index contributed by atoms with van der Waals surface area (Å²) in [6.45, 7) is 1.90. The van der Waals surface area contributed by atoms with Gasteiger partial charge < -0.3 is 11.1 Å². The third-order valence-electron chi connectivity index (χ3n) is 2.32. The number of nitrogens with one attached hydrogen (secondary N) is 1. The fourth-order valence-corrected chi connectivity index (χ4v) is 1.45. The van der Waals surface area contributed by atoms with E-state index in [1.807, 2.05) is 44.3 Å². The highest BCUT2D eigenvalue weighted by Gasteiger charge is 2.17. The monoisotopic (exact) mass is 217 g/mol. The number of nitrogens with zero attached hydrogens (tertiary/aromatic N) is 3. The second-order valence-corrected chi connectivity index (χ2v) is 3.62. The van der Waals surface area contributed by atoms with Gasteiger partial charge in [0.25, 0.3) is 0 Å². The quantitative estimate of drug-likeness (QED) is 0.739. The Labute approximate surface area is 94.7 Å². The van der Waals surface area contributed by atoms with Crippen molar-refractivity contribution in [2.24, 2.45) is 15.7 Å². The van der Waals surface area contributed by atoms with Crippen molar-refractivity contribution < 1.29 is 0 Å². The van der Waals surface area contributed by atoms with Gasteiger partial charge in [-0.1, -0.05) is 18.2 Å². The Morgan fingerprint density at radius 1 is 1.25 bits per heavy atom. The molecule has 0 spiro atoms. The number of guanidine groups is 2. The number of rotatable bonds is 1. The Morgan fingerprint density at radius 3 is 2.62 bits per heavy atom. The standard InChI is InChI=1S/C11H15N5/c1-8-13-10(12)16(2)11(14-8)15-9-6-4-3-5-7-9/h3-8H,1-2H3,(H2,12,13)(H,14,15). The van der Waals surface area contributed by atoms with Gasteiger partial charge in [-0.3, -0.25) is 4.90 Å². The zero-order chi connectivity index (χ0) is 11.5. The molecule has 1 atom stereocenters. The first-order valence-electron chi connectivity index (χ1n) is 5.13. The topological polar surface area (TPSA) is 66.0 Å². The van der Waals surface area contributed by atoms with E-state index in [1.54, 1.807) is 4.90 Å². The lowest BCUT2D eigenvalue weighted by Gasteiger charge is -2.26. The number of para-hydroxylation sites is 1. The van der Waals surface area contributed by atoms with Gasteiger partial charge in [-0.05, 0) is 19.1 Å². The number of aliphatic imine (C=N–C) groups is 2. The molecule has 3 N–H and O–H groups in total. The van der Waals surface area contributed by atoms with Crippen LogP contribution in [-0.2, 0) is 0 Å². The van der Waals surface area contributed by atoms with Gasteiger partial charge in [0.2, 0.25) is 5.96 Å². The lowest BCUT2D eigenvalue weighted by molar-refractivity contribution is 0.647. The lowest BCUT2D eigenvalue weighted by atomic mass is 10.3. The molecule has 1 aliphatic rings. The van der Waals surface area contributed by atoms with Crippen LogP contribution in [0.1, 0.15) is 6.92 Å². The van der Waals surface area contributed by atoms with Crippen molar-refractivity contribution in [3.8, 4) is 0 Å². The first kappa shape index (κ1) is 10.5. The Balaban J connectivity index is 2.16. The molecule has 16 heavy (non-hydrogen) atoms. The highest BCUT2D eigenvalue weighted by molar-refractivity contribution is 6.05. The summed E-state index contributed by atoms with van der Waals surface area (Å²) >= 11 is 0. The van der Waals surface area contributed by atoms with Crippen LogP contribution in [0.3, 0.4) is 0 Å². The van der Waals surface area contributed by atoms with E-state index in [2.05, 4.69) is 15.3 Å². The van der Waals surface area contributed by atoms with Crippen LogP contribution < -0.4 is 11.1 Å². The maximum atomic E-state index is 5.77. The van der Waals surface area contributed by atoms with Crippen LogP contribution in [0.15, 0.2) is 40.3 Å². The van der Waals surface area contributed by atoms with Crippen LogP contribution in [0.5, 0.6) is 0 Å². The minimum Gasteiger partial charge on any atom is -0.369 e. The highest BCUT2D eigenvalue weighted by Crippen LogP contribution is 2.09. The van der Waals surface area contributed by atoms with E-state index in [-0.39, 0.29) is 6.17 Å². The molecule has 0 bridgehead atoms. The van der Waals surface area contributed by atoms with Crippen LogP contribution in [-0.4, -0.2) is 30.0 Å². The molecule has 0 saturated carbocycles. The molecule has 2 rings (SSSR count). The van der Waals surface area contributed by atoms with E-state index in [0.717, 1.165) is 5.69 Å². The maximum Gasteiger partial charge on any atom is 0.207 e. The van der Waals surface area contributed by atoms with Crippen LogP contribution >= 0.6 is 0 Å². The molecule has 0 fully saturated rings. The van der Waals surface area contributed by atoms with Gasteiger partial charge in [0.15, 0.2) is 5.96 Å². The van der Waals surface area contributed by atoms with Gasteiger partial charge in [0.05, 0.1) is 0 Å². The summed E-state index contributed by atoms with van der Waals surface area (Å²) in [5, 5.41) is 3.21. The van der Waals surface area contributed by atoms with Gasteiger partial charge in [-0.15, -0.1) is 0 Å². The molecule has 0 radical (unpaired) electrons. The van der Waals surface area contributed by atoms with Crippen LogP contribution in [0, 0.1) is 0 Å². The molecule has 1 heterocycles. The van der Waals surface area contributed by atoms with Crippen molar-refractivity contribution >= 4 is 17.6 Å². The normalized spacial score (nSPS) is 20.1. The van der Waals surface area contributed by atoms with E-state index >= 15 is 0 Å². The summed E-state index contributed by atoms with van der Waals surface area (Å²) in [5.41, 5.74) is 6.75. The van der Waals surface area contributed by atoms with Crippen LogP contribution in [0.2, 0.25) is 0 Å². The number of hydrogen-bond acceptors (Lipinski definition) is 5. The average Bonchev–Trinajstić information content (AvgIpc) is 2.27. The second-order valence-electron chi connectivity index (χ2n) is 3.62. The van der Waals surface area contributed by atoms with Crippen LogP contribution in [0.25, 0.3) is 0 Å². The number of nitrogens with two attached hydrogens (primary N) is 1. The fourth-order valence-electron chi connectivity index (χ4n) is 1.45. The van der Waals surface area contributed by atoms with Crippen molar-refractivity contribution in [1.29, 1.82) is 0 Å². The molecule has 84 valence electrons. The zero-order valence-corrected chi connectivity index (χ0v) is 9.38. The molecule has 0 amide bonds. The SMILES string of the molecule is CC1N=C(N)N(C)C(Nc2ccccc2)=N1. The summed E-state index contributed by atoms with van der Waals surface area (Å²) in [6, 6.07) is 9.85. The van der Waals surface area contributed by atoms with E-state index < -0.39 is 0 Å². The fraction of sp³-hybridized carbons (Fsp3) is 0.273. The summed E-state index contributed by atoms with van der Waals surface area (Å²) < 4.78 is 0. The largest absolute Gasteiger partial charge is 0.369 e. The van der Waals surface area contributed by atoms with E-state index in [0.29, 0.717) is 11.9 Å². The smallest absolute Gasteiger partial charge is 0.207 e. The second kappa shape index (κ2) is 4.22. The van der Waals surface area contributed by atoms with Gasteiger partial charge in [-0.2, -0.15) is 0 Å². The lowest BCUT2D eigenvalue weighted by Crippen LogP contribution is -2.46. The van der Waals surface area contributed by atoms with Crippen molar-refractivity contribution in [2.75, 3.05) is 12.4 Å². The molecular weight excluding hydrogens is 202 g/mol. The van der Waals surface area contributed by atoms with Gasteiger partial charge >= 0.3 is 0 Å². The summed E-state index contributed by atoms with van der Waals surface area (Å²) in [5.74, 6) is 1.19. The number of anilines is 1. The molecule has 0 aliphatic carbocycles. The van der Waals surface area contributed by atoms with Gasteiger partial charge in [-0.25, -0.2) is 9.98 Å². The molecular formula is C11H15N5. The van der Waals surface area contributed by atoms with Crippen molar-refractivity contribution in [2.45, 2.75) is 13.1 Å². The summed E-state index contributed by atoms with van der Waals surface area (Å²) in [7, 11) is 1.83. The molecule has 1 aromatic carbocycles. The predicted molar refractivity (Wildman–Crippen MR) is 66.3 cm³/mol. The molecule has 1 aromatic rings. The Bertz CT molecular complexity index is 423. The predicted octanol–water partition coefficient (Wildman–Crippen LogP) is 1.06. The Morgan fingerprint density at radius 2 is 1.94 bits per heavy atom. The summed E-state index contributed by atoms with van der Waals surface area (Å²) in [4.78, 5) is 10.3. The Hall–Kier alpha value is -2.04. The molecule has 0 aromatic heterocycles. The van der Waals surface area contributed by atoms with Gasteiger partial charge in [0.1, 0.15) is 6.17 Å². The molecule has 0 saturated heterocycles. The van der Waals surface area contributed by atoms with Crippen molar-refractivity contribution in [3.05, 3.63) is 30.3 Å². The van der Waals surface area contributed by atoms with E-state index in [1.165, 1.54) is 0 Å². The van der Waals surface area contributed by atoms with Gasteiger partial charge in [0, 0.05) is 12.7 Å². The van der Waals surface area contributed by atoms with Crippen molar-refractivity contribution in [3.63, 3.8) is 0 Å². The zero-order valence-electron chi connectivity index (χ0n) is 9.38. The van der Waals surface area contributed by atoms with Crippen molar-refractivity contribution in [1.82, 2.24) is 4.90 Å². The Kier molecular flexibility index (Phi) is 2.76. The number of hydrogen-bond donors (Lipinski definition) is 2. The minimum absolute atomic E-state index is 0.137. The number of benzene rings is 1. The van der Waals surface area contributed by atoms with Crippen LogP contribution in [0.4, 0.5) is 5.69 Å². The highest BCUT2D eigenvalue weighted by atomic mass is 15.4. The molecule has 1 aliphatic heterocycles. The maximum absolute atomic E-state index is 5.77. The first-order valence-corrected chi connectivity index (χ1v) is 5.13. The van der Waals surface area contributed by atoms with E-state index in [9.17, 15) is 0 Å². The van der Waals surface area contributed by atoms with E-state index in [4.69, 9.17) is 5.73 Å². The third-order valence-corrected chi connectivity index (χ3v) is 2.32. The molecule has 1 unspecified atom stereocenters. The first-order chi connectivity index (χ1) is 7.66. The molecule has 5 nitrogen and oxygen atoms in total.